The molecule has 0 saturated heterocycles. The molecule has 2 nitrogen and oxygen atoms in total. The summed E-state index contributed by atoms with van der Waals surface area (Å²) in [5.74, 6) is 0.143. The van der Waals surface area contributed by atoms with E-state index in [0.29, 0.717) is 17.5 Å². The van der Waals surface area contributed by atoms with Gasteiger partial charge in [0.15, 0.2) is 11.6 Å². The highest BCUT2D eigenvalue weighted by Gasteiger charge is 2.25. The minimum atomic E-state index is 0.0371. The van der Waals surface area contributed by atoms with E-state index in [0.717, 1.165) is 39.1 Å². The van der Waals surface area contributed by atoms with Crippen molar-refractivity contribution >= 4 is 23.7 Å². The van der Waals surface area contributed by atoms with Crippen LogP contribution in [0.25, 0.3) is 12.2 Å². The van der Waals surface area contributed by atoms with E-state index in [1.54, 1.807) is 0 Å². The van der Waals surface area contributed by atoms with Gasteiger partial charge in [0, 0.05) is 22.3 Å². The predicted molar refractivity (Wildman–Crippen MR) is 93.3 cm³/mol. The first kappa shape index (κ1) is 13.4. The van der Waals surface area contributed by atoms with Crippen LogP contribution in [0.1, 0.15) is 44.7 Å². The van der Waals surface area contributed by atoms with Crippen molar-refractivity contribution in [2.75, 3.05) is 0 Å². The average Bonchev–Trinajstić information content (AvgIpc) is 2.62. The summed E-state index contributed by atoms with van der Waals surface area (Å²) in [5, 5.41) is 1.71. The minimum Gasteiger partial charge on any atom is -0.289 e. The lowest BCUT2D eigenvalue weighted by molar-refractivity contribution is 0.102. The van der Waals surface area contributed by atoms with Gasteiger partial charge < -0.3 is 0 Å². The molecule has 0 radical (unpaired) electrons. The quantitative estimate of drug-likeness (QED) is 0.598. The monoisotopic (exact) mass is 310 g/mol. The molecule has 0 unspecified atom stereocenters. The molecule has 2 heteroatoms. The molecule has 0 amide bonds. The van der Waals surface area contributed by atoms with Crippen LogP contribution in [0.15, 0.2) is 59.7 Å². The van der Waals surface area contributed by atoms with E-state index in [1.807, 2.05) is 42.5 Å². The highest BCUT2D eigenvalue weighted by atomic mass is 16.1. The van der Waals surface area contributed by atoms with E-state index in [9.17, 15) is 9.59 Å². The van der Waals surface area contributed by atoms with Crippen LogP contribution in [0.2, 0.25) is 0 Å². The van der Waals surface area contributed by atoms with Gasteiger partial charge in [0.25, 0.3) is 0 Å². The molecule has 0 atom stereocenters. The Morgan fingerprint density at radius 3 is 2.29 bits per heavy atom. The Balaban J connectivity index is 1.80. The third kappa shape index (κ3) is 1.77. The molecule has 0 N–H and O–H groups in total. The Kier molecular flexibility index (Phi) is 2.66. The van der Waals surface area contributed by atoms with Gasteiger partial charge in [-0.3, -0.25) is 9.59 Å². The Labute approximate surface area is 139 Å². The standard InChI is InChI=1S/C22H14O2/c23-21-17-7-3-1-5-13(17)9-15-11-20-16(12-19(15)21)10-14-6-2-4-8-18(14)22(20)24/h1-5,7,9-12H,6,8H2. The van der Waals surface area contributed by atoms with Gasteiger partial charge in [0.2, 0.25) is 0 Å². The fraction of sp³-hybridized carbons (Fsp3) is 0.0909. The van der Waals surface area contributed by atoms with E-state index in [1.165, 1.54) is 0 Å². The van der Waals surface area contributed by atoms with Crippen LogP contribution >= 0.6 is 0 Å². The van der Waals surface area contributed by atoms with Crippen molar-refractivity contribution in [2.45, 2.75) is 12.8 Å². The second-order valence-corrected chi connectivity index (χ2v) is 6.44. The van der Waals surface area contributed by atoms with Crippen LogP contribution in [0, 0.1) is 0 Å². The fourth-order valence-corrected chi connectivity index (χ4v) is 3.81. The number of hydrogen-bond acceptors (Lipinski definition) is 2. The molecular formula is C22H14O2. The molecule has 0 aliphatic heterocycles. The van der Waals surface area contributed by atoms with Gasteiger partial charge in [-0.1, -0.05) is 42.5 Å². The van der Waals surface area contributed by atoms with E-state index in [4.69, 9.17) is 0 Å². The number of rotatable bonds is 0. The number of hydrogen-bond donors (Lipinski definition) is 0. The van der Waals surface area contributed by atoms with Crippen LogP contribution in [0.4, 0.5) is 0 Å². The topological polar surface area (TPSA) is 34.1 Å². The molecule has 0 fully saturated rings. The lowest BCUT2D eigenvalue weighted by Crippen LogP contribution is -2.31. The van der Waals surface area contributed by atoms with Crippen molar-refractivity contribution in [3.05, 3.63) is 92.4 Å². The number of fused-ring (bicyclic) bond motifs is 3. The van der Waals surface area contributed by atoms with Crippen molar-refractivity contribution in [3.8, 4) is 0 Å². The summed E-state index contributed by atoms with van der Waals surface area (Å²) in [6.07, 6.45) is 9.72. The minimum absolute atomic E-state index is 0.0371. The van der Waals surface area contributed by atoms with Gasteiger partial charge in [-0.2, -0.15) is 0 Å². The second-order valence-electron chi connectivity index (χ2n) is 6.44. The zero-order valence-corrected chi connectivity index (χ0v) is 13.0. The van der Waals surface area contributed by atoms with Gasteiger partial charge in [0.05, 0.1) is 0 Å². The summed E-state index contributed by atoms with van der Waals surface area (Å²) in [6.45, 7) is 0. The molecule has 0 saturated carbocycles. The molecule has 24 heavy (non-hydrogen) atoms. The summed E-state index contributed by atoms with van der Waals surface area (Å²) >= 11 is 0. The average molecular weight is 310 g/mol. The molecule has 2 aromatic rings. The summed E-state index contributed by atoms with van der Waals surface area (Å²) in [7, 11) is 0. The van der Waals surface area contributed by atoms with Crippen molar-refractivity contribution in [3.63, 3.8) is 0 Å². The molecule has 5 rings (SSSR count). The van der Waals surface area contributed by atoms with Crippen molar-refractivity contribution < 1.29 is 9.59 Å². The van der Waals surface area contributed by atoms with Crippen molar-refractivity contribution in [1.29, 1.82) is 0 Å². The molecule has 0 spiro atoms. The Hall–Kier alpha value is -3.00. The van der Waals surface area contributed by atoms with Gasteiger partial charge in [-0.25, -0.2) is 0 Å². The van der Waals surface area contributed by atoms with E-state index >= 15 is 0 Å². The largest absolute Gasteiger partial charge is 0.289 e. The maximum atomic E-state index is 12.9. The fourth-order valence-electron chi connectivity index (χ4n) is 3.81. The molecule has 114 valence electrons. The summed E-state index contributed by atoms with van der Waals surface area (Å²) in [5.41, 5.74) is 5.03. The molecule has 3 aliphatic carbocycles. The molecule has 3 aliphatic rings. The number of carbonyl (C=O) groups excluding carboxylic acids is 2. The zero-order chi connectivity index (χ0) is 16.3. The first-order valence-electron chi connectivity index (χ1n) is 8.15. The molecule has 2 aromatic carbocycles. The van der Waals surface area contributed by atoms with Crippen LogP contribution < -0.4 is 10.4 Å². The van der Waals surface area contributed by atoms with Gasteiger partial charge in [-0.05, 0) is 52.6 Å². The highest BCUT2D eigenvalue weighted by molar-refractivity contribution is 6.16. The Bertz CT molecular complexity index is 1130. The number of Topliss-reactive ketones (excluding diaryl/α,β-unsaturated/α-hetero) is 1. The zero-order valence-electron chi connectivity index (χ0n) is 13.0. The normalized spacial score (nSPS) is 17.3. The lowest BCUT2D eigenvalue weighted by Gasteiger charge is -2.20. The highest BCUT2D eigenvalue weighted by Crippen LogP contribution is 2.26. The Morgan fingerprint density at radius 1 is 0.708 bits per heavy atom. The van der Waals surface area contributed by atoms with Gasteiger partial charge >= 0.3 is 0 Å². The third-order valence-electron chi connectivity index (χ3n) is 5.05. The van der Waals surface area contributed by atoms with Crippen molar-refractivity contribution in [1.82, 2.24) is 0 Å². The first-order chi connectivity index (χ1) is 11.7. The van der Waals surface area contributed by atoms with Crippen LogP contribution in [-0.2, 0) is 0 Å². The van der Waals surface area contributed by atoms with Crippen LogP contribution in [-0.4, -0.2) is 11.6 Å². The second kappa shape index (κ2) is 4.75. The first-order valence-corrected chi connectivity index (χ1v) is 8.15. The van der Waals surface area contributed by atoms with E-state index in [-0.39, 0.29) is 11.6 Å². The third-order valence-corrected chi connectivity index (χ3v) is 5.05. The number of benzene rings is 2. The van der Waals surface area contributed by atoms with Gasteiger partial charge in [-0.15, -0.1) is 0 Å². The summed E-state index contributed by atoms with van der Waals surface area (Å²) < 4.78 is 0. The van der Waals surface area contributed by atoms with E-state index < -0.39 is 0 Å². The predicted octanol–water partition coefficient (Wildman–Crippen LogP) is 2.68. The van der Waals surface area contributed by atoms with Gasteiger partial charge in [0.1, 0.15) is 0 Å². The number of carbonyl (C=O) groups is 2. The Morgan fingerprint density at radius 2 is 1.42 bits per heavy atom. The summed E-state index contributed by atoms with van der Waals surface area (Å²) in [4.78, 5) is 25.7. The lowest BCUT2D eigenvalue weighted by atomic mass is 9.82. The molecular weight excluding hydrogens is 296 g/mol. The summed E-state index contributed by atoms with van der Waals surface area (Å²) in [6, 6.07) is 11.4. The maximum Gasteiger partial charge on any atom is 0.194 e. The smallest absolute Gasteiger partial charge is 0.194 e. The molecule has 0 aromatic heterocycles. The molecule has 0 bridgehead atoms. The molecule has 0 heterocycles. The van der Waals surface area contributed by atoms with Crippen LogP contribution in [0.3, 0.4) is 0 Å². The van der Waals surface area contributed by atoms with E-state index in [2.05, 4.69) is 18.2 Å². The van der Waals surface area contributed by atoms with Crippen LogP contribution in [0.5, 0.6) is 0 Å². The number of ketones is 2. The number of allylic oxidation sites excluding steroid dienone is 4. The SMILES string of the molecule is O=C1C2=C(C=c3cc4c(cc31)=Cc1ccccc1C4=O)CC=CC2. The van der Waals surface area contributed by atoms with Crippen molar-refractivity contribution in [2.24, 2.45) is 0 Å². The maximum absolute atomic E-state index is 12.9.